The minimum atomic E-state index is 0.517. The molecule has 0 radical (unpaired) electrons. The van der Waals surface area contributed by atoms with Crippen LogP contribution in [0.15, 0.2) is 70.7 Å². The van der Waals surface area contributed by atoms with Gasteiger partial charge in [-0.2, -0.15) is 0 Å². The second-order valence-electron chi connectivity index (χ2n) is 5.37. The van der Waals surface area contributed by atoms with Crippen molar-refractivity contribution in [1.82, 2.24) is 0 Å². The van der Waals surface area contributed by atoms with E-state index in [9.17, 15) is 0 Å². The molecule has 24 heavy (non-hydrogen) atoms. The van der Waals surface area contributed by atoms with Gasteiger partial charge in [-0.25, -0.2) is 9.98 Å². The van der Waals surface area contributed by atoms with Crippen LogP contribution in [-0.2, 0) is 0 Å². The summed E-state index contributed by atoms with van der Waals surface area (Å²) in [4.78, 5) is 9.01. The second-order valence-corrected chi connectivity index (χ2v) is 5.37. The molecule has 0 saturated heterocycles. The summed E-state index contributed by atoms with van der Waals surface area (Å²) in [5, 5.41) is 0. The molecule has 0 aromatic heterocycles. The molecule has 2 aromatic rings. The molecule has 0 heterocycles. The van der Waals surface area contributed by atoms with Crippen molar-refractivity contribution >= 4 is 45.5 Å². The van der Waals surface area contributed by atoms with Gasteiger partial charge in [0.05, 0.1) is 45.5 Å². The Labute approximate surface area is 139 Å². The number of nitrogens with zero attached hydrogens (tertiary/aromatic N) is 2. The fourth-order valence-electron chi connectivity index (χ4n) is 2.16. The first-order chi connectivity index (χ1) is 11.5. The first-order valence-electron chi connectivity index (χ1n) is 7.35. The van der Waals surface area contributed by atoms with Gasteiger partial charge in [-0.1, -0.05) is 0 Å². The van der Waals surface area contributed by atoms with E-state index in [1.165, 1.54) is 0 Å². The van der Waals surface area contributed by atoms with E-state index in [2.05, 4.69) is 9.98 Å². The van der Waals surface area contributed by atoms with Crippen molar-refractivity contribution in [2.45, 2.75) is 0 Å². The zero-order valence-electron chi connectivity index (χ0n) is 13.0. The Hall–Kier alpha value is -3.54. The Morgan fingerprint density at radius 3 is 1.21 bits per heavy atom. The molecule has 3 rings (SSSR count). The third-order valence-corrected chi connectivity index (χ3v) is 3.51. The molecule has 0 bridgehead atoms. The van der Waals surface area contributed by atoms with Crippen LogP contribution in [0.1, 0.15) is 0 Å². The Kier molecular flexibility index (Phi) is 4.03. The van der Waals surface area contributed by atoms with Crippen LogP contribution >= 0.6 is 0 Å². The van der Waals surface area contributed by atoms with E-state index < -0.39 is 0 Å². The van der Waals surface area contributed by atoms with E-state index in [0.717, 1.165) is 22.8 Å². The van der Waals surface area contributed by atoms with E-state index in [0.29, 0.717) is 22.7 Å². The molecular formula is C18H18N6. The maximum Gasteiger partial charge on any atom is 0.0658 e. The fraction of sp³-hybridized carbons (Fsp3) is 0. The molecule has 0 fully saturated rings. The lowest BCUT2D eigenvalue weighted by Gasteiger charge is -2.05. The van der Waals surface area contributed by atoms with E-state index in [1.54, 1.807) is 24.3 Å². The number of nitrogen functional groups attached to an aromatic ring is 4. The summed E-state index contributed by atoms with van der Waals surface area (Å²) in [7, 11) is 0. The van der Waals surface area contributed by atoms with Crippen molar-refractivity contribution in [3.8, 4) is 0 Å². The Morgan fingerprint density at radius 2 is 0.875 bits per heavy atom. The van der Waals surface area contributed by atoms with Gasteiger partial charge in [0.2, 0.25) is 0 Å². The van der Waals surface area contributed by atoms with Crippen molar-refractivity contribution in [3.05, 3.63) is 60.7 Å². The molecule has 1 aliphatic rings. The molecule has 0 amide bonds. The van der Waals surface area contributed by atoms with Gasteiger partial charge in [0.25, 0.3) is 0 Å². The van der Waals surface area contributed by atoms with Crippen molar-refractivity contribution < 1.29 is 0 Å². The molecule has 0 saturated carbocycles. The Morgan fingerprint density at radius 1 is 0.500 bits per heavy atom. The average Bonchev–Trinajstić information content (AvgIpc) is 2.56. The number of allylic oxidation sites excluding steroid dienone is 4. The normalized spacial score (nSPS) is 13.2. The molecule has 1 aliphatic carbocycles. The molecule has 120 valence electrons. The number of hydrogen-bond donors (Lipinski definition) is 4. The summed E-state index contributed by atoms with van der Waals surface area (Å²) >= 11 is 0. The van der Waals surface area contributed by atoms with Gasteiger partial charge in [-0.3, -0.25) is 0 Å². The SMILES string of the molecule is Nc1ccc(N=C2C=CC(=Nc3ccc(N)c(N)c3)C=C2)cc1N. The standard InChI is InChI=1S/C18H18N6/c19-15-7-5-13(9-17(15)21)23-11-1-2-12(4-3-11)24-14-6-8-16(20)18(22)10-14/h1-10H,19-22H2. The predicted molar refractivity (Wildman–Crippen MR) is 103 cm³/mol. The van der Waals surface area contributed by atoms with Crippen LogP contribution in [0.2, 0.25) is 0 Å². The van der Waals surface area contributed by atoms with Crippen molar-refractivity contribution in [1.29, 1.82) is 0 Å². The summed E-state index contributed by atoms with van der Waals surface area (Å²) in [6.07, 6.45) is 7.52. The highest BCUT2D eigenvalue weighted by Gasteiger charge is 2.02. The summed E-state index contributed by atoms with van der Waals surface area (Å²) in [6, 6.07) is 10.6. The van der Waals surface area contributed by atoms with Crippen LogP contribution in [0.25, 0.3) is 0 Å². The quantitative estimate of drug-likeness (QED) is 0.501. The number of aliphatic imine (C=N–C) groups is 2. The molecular weight excluding hydrogens is 300 g/mol. The lowest BCUT2D eigenvalue weighted by atomic mass is 10.1. The van der Waals surface area contributed by atoms with E-state index in [1.807, 2.05) is 36.4 Å². The van der Waals surface area contributed by atoms with Gasteiger partial charge < -0.3 is 22.9 Å². The van der Waals surface area contributed by atoms with E-state index >= 15 is 0 Å². The molecule has 2 aromatic carbocycles. The zero-order valence-corrected chi connectivity index (χ0v) is 13.0. The van der Waals surface area contributed by atoms with Crippen LogP contribution < -0.4 is 22.9 Å². The molecule has 6 nitrogen and oxygen atoms in total. The molecule has 8 N–H and O–H groups in total. The zero-order chi connectivity index (χ0) is 17.1. The predicted octanol–water partition coefficient (Wildman–Crippen LogP) is 2.99. The monoisotopic (exact) mass is 318 g/mol. The van der Waals surface area contributed by atoms with Gasteiger partial charge in [-0.05, 0) is 60.7 Å². The minimum absolute atomic E-state index is 0.517. The number of hydrogen-bond acceptors (Lipinski definition) is 6. The number of benzene rings is 2. The van der Waals surface area contributed by atoms with Crippen LogP contribution in [0, 0.1) is 0 Å². The maximum absolute atomic E-state index is 5.79. The first-order valence-corrected chi connectivity index (χ1v) is 7.35. The van der Waals surface area contributed by atoms with Crippen molar-refractivity contribution in [2.75, 3.05) is 22.9 Å². The highest BCUT2D eigenvalue weighted by atomic mass is 14.8. The highest BCUT2D eigenvalue weighted by molar-refractivity contribution is 6.19. The second kappa shape index (κ2) is 6.29. The van der Waals surface area contributed by atoms with Crippen molar-refractivity contribution in [3.63, 3.8) is 0 Å². The molecule has 0 spiro atoms. The Bertz CT molecular complexity index is 814. The molecule has 0 atom stereocenters. The third-order valence-electron chi connectivity index (χ3n) is 3.51. The lowest BCUT2D eigenvalue weighted by Crippen LogP contribution is -2.00. The van der Waals surface area contributed by atoms with Gasteiger partial charge in [-0.15, -0.1) is 0 Å². The topological polar surface area (TPSA) is 129 Å². The number of nitrogens with two attached hydrogens (primary N) is 4. The number of rotatable bonds is 2. The first kappa shape index (κ1) is 15.4. The van der Waals surface area contributed by atoms with Crippen LogP contribution in [0.5, 0.6) is 0 Å². The highest BCUT2D eigenvalue weighted by Crippen LogP contribution is 2.24. The fourth-order valence-corrected chi connectivity index (χ4v) is 2.16. The lowest BCUT2D eigenvalue weighted by molar-refractivity contribution is 1.50. The van der Waals surface area contributed by atoms with Crippen LogP contribution in [0.4, 0.5) is 34.1 Å². The van der Waals surface area contributed by atoms with Gasteiger partial charge in [0.15, 0.2) is 0 Å². The van der Waals surface area contributed by atoms with Crippen LogP contribution in [0.3, 0.4) is 0 Å². The summed E-state index contributed by atoms with van der Waals surface area (Å²) in [6.45, 7) is 0. The minimum Gasteiger partial charge on any atom is -0.397 e. The van der Waals surface area contributed by atoms with E-state index in [-0.39, 0.29) is 0 Å². The Balaban J connectivity index is 1.79. The summed E-state index contributed by atoms with van der Waals surface area (Å²) < 4.78 is 0. The molecule has 0 unspecified atom stereocenters. The van der Waals surface area contributed by atoms with Gasteiger partial charge >= 0.3 is 0 Å². The molecule has 6 heteroatoms. The summed E-state index contributed by atoms with van der Waals surface area (Å²) in [5.41, 5.74) is 28.2. The summed E-state index contributed by atoms with van der Waals surface area (Å²) in [5.74, 6) is 0. The number of anilines is 4. The third kappa shape index (κ3) is 3.44. The van der Waals surface area contributed by atoms with E-state index in [4.69, 9.17) is 22.9 Å². The smallest absolute Gasteiger partial charge is 0.0658 e. The molecule has 0 aliphatic heterocycles. The maximum atomic E-state index is 5.79. The van der Waals surface area contributed by atoms with Gasteiger partial charge in [0, 0.05) is 0 Å². The average molecular weight is 318 g/mol. The van der Waals surface area contributed by atoms with Gasteiger partial charge in [0.1, 0.15) is 0 Å². The van der Waals surface area contributed by atoms with Crippen LogP contribution in [-0.4, -0.2) is 11.4 Å². The van der Waals surface area contributed by atoms with Crippen molar-refractivity contribution in [2.24, 2.45) is 9.98 Å². The largest absolute Gasteiger partial charge is 0.397 e.